The van der Waals surface area contributed by atoms with Crippen molar-refractivity contribution in [1.29, 1.82) is 0 Å². The van der Waals surface area contributed by atoms with Gasteiger partial charge in [-0.25, -0.2) is 4.39 Å². The molecule has 0 aliphatic carbocycles. The van der Waals surface area contributed by atoms with Gasteiger partial charge in [0.25, 0.3) is 5.91 Å². The van der Waals surface area contributed by atoms with E-state index in [-0.39, 0.29) is 22.8 Å². The minimum Gasteiger partial charge on any atom is -0.459 e. The maximum Gasteiger partial charge on any atom is 0.291 e. The Morgan fingerprint density at radius 3 is 2.79 bits per heavy atom. The highest BCUT2D eigenvalue weighted by Crippen LogP contribution is 2.17. The molecule has 7 heteroatoms. The molecule has 1 heterocycles. The van der Waals surface area contributed by atoms with Crippen molar-refractivity contribution in [3.05, 3.63) is 53.7 Å². The minimum atomic E-state index is -0.705. The van der Waals surface area contributed by atoms with E-state index in [2.05, 4.69) is 10.5 Å². The second kappa shape index (κ2) is 5.21. The summed E-state index contributed by atoms with van der Waals surface area (Å²) < 4.78 is 18.6. The van der Waals surface area contributed by atoms with Crippen LogP contribution in [0.4, 0.5) is 10.1 Å². The summed E-state index contributed by atoms with van der Waals surface area (Å²) in [7, 11) is 0. The third-order valence-corrected chi connectivity index (χ3v) is 2.37. The molecule has 0 aliphatic heterocycles. The van der Waals surface area contributed by atoms with Crippen molar-refractivity contribution in [3.8, 4) is 0 Å². The lowest BCUT2D eigenvalue weighted by Crippen LogP contribution is -2.15. The number of hydrogen-bond acceptors (Lipinski definition) is 4. The first kappa shape index (κ1) is 12.6. The summed E-state index contributed by atoms with van der Waals surface area (Å²) in [4.78, 5) is 11.6. The van der Waals surface area contributed by atoms with Crippen LogP contribution < -0.4 is 11.1 Å². The number of nitrogens with two attached hydrogens (primary N) is 1. The fraction of sp³-hybridized carbons (Fsp3) is 0. The Kier molecular flexibility index (Phi) is 3.46. The van der Waals surface area contributed by atoms with E-state index in [1.165, 1.54) is 24.5 Å². The van der Waals surface area contributed by atoms with Crippen molar-refractivity contribution >= 4 is 17.4 Å². The molecule has 0 aliphatic rings. The van der Waals surface area contributed by atoms with E-state index in [1.807, 2.05) is 0 Å². The van der Waals surface area contributed by atoms with Crippen LogP contribution in [0.15, 0.2) is 46.2 Å². The number of carbonyl (C=O) groups excluding carboxylic acids is 1. The summed E-state index contributed by atoms with van der Waals surface area (Å²) in [5.74, 6) is -1.42. The lowest BCUT2D eigenvalue weighted by atomic mass is 10.2. The predicted molar refractivity (Wildman–Crippen MR) is 65.6 cm³/mol. The zero-order valence-electron chi connectivity index (χ0n) is 9.63. The Balaban J connectivity index is 2.20. The quantitative estimate of drug-likeness (QED) is 0.340. The van der Waals surface area contributed by atoms with Crippen molar-refractivity contribution in [1.82, 2.24) is 0 Å². The number of rotatable bonds is 3. The molecule has 0 saturated heterocycles. The molecule has 0 bridgehead atoms. The molecule has 98 valence electrons. The van der Waals surface area contributed by atoms with Crippen molar-refractivity contribution in [2.45, 2.75) is 0 Å². The molecule has 1 aromatic heterocycles. The van der Waals surface area contributed by atoms with Crippen molar-refractivity contribution in [2.24, 2.45) is 10.9 Å². The van der Waals surface area contributed by atoms with E-state index in [1.54, 1.807) is 6.07 Å². The SMILES string of the molecule is N/C(=N/O)c1ccc(NC(=O)c2ccco2)c(F)c1. The van der Waals surface area contributed by atoms with E-state index in [0.29, 0.717) is 0 Å². The number of hydrogen-bond donors (Lipinski definition) is 3. The van der Waals surface area contributed by atoms with E-state index in [4.69, 9.17) is 15.4 Å². The molecule has 2 rings (SSSR count). The average Bonchev–Trinajstić information content (AvgIpc) is 2.94. The molecule has 6 nitrogen and oxygen atoms in total. The number of halogens is 1. The second-order valence-corrected chi connectivity index (χ2v) is 3.61. The first-order valence-electron chi connectivity index (χ1n) is 5.24. The molecule has 2 aromatic rings. The molecular formula is C12H10FN3O3. The van der Waals surface area contributed by atoms with Gasteiger partial charge in [-0.1, -0.05) is 5.16 Å². The van der Waals surface area contributed by atoms with Gasteiger partial charge in [-0.05, 0) is 30.3 Å². The van der Waals surface area contributed by atoms with Crippen LogP contribution in [0.25, 0.3) is 0 Å². The molecule has 1 aromatic carbocycles. The Hall–Kier alpha value is -2.83. The predicted octanol–water partition coefficient (Wildman–Crippen LogP) is 1.77. The zero-order chi connectivity index (χ0) is 13.8. The maximum atomic E-state index is 13.7. The minimum absolute atomic E-state index is 0.0316. The Morgan fingerprint density at radius 1 is 1.42 bits per heavy atom. The highest BCUT2D eigenvalue weighted by Gasteiger charge is 2.12. The first-order chi connectivity index (χ1) is 9.11. The van der Waals surface area contributed by atoms with Gasteiger partial charge in [0.15, 0.2) is 11.6 Å². The van der Waals surface area contributed by atoms with Crippen LogP contribution in [0, 0.1) is 5.82 Å². The summed E-state index contributed by atoms with van der Waals surface area (Å²) in [6, 6.07) is 6.77. The largest absolute Gasteiger partial charge is 0.459 e. The van der Waals surface area contributed by atoms with Gasteiger partial charge in [0.05, 0.1) is 12.0 Å². The third-order valence-electron chi connectivity index (χ3n) is 2.37. The van der Waals surface area contributed by atoms with Gasteiger partial charge in [0.1, 0.15) is 5.82 Å². The number of amidine groups is 1. The van der Waals surface area contributed by atoms with Gasteiger partial charge in [-0.15, -0.1) is 0 Å². The normalized spacial score (nSPS) is 11.3. The lowest BCUT2D eigenvalue weighted by Gasteiger charge is -2.06. The van der Waals surface area contributed by atoms with Crippen LogP contribution in [0.1, 0.15) is 16.1 Å². The number of anilines is 1. The number of carbonyl (C=O) groups is 1. The number of amides is 1. The van der Waals surface area contributed by atoms with Crippen LogP contribution in [0.2, 0.25) is 0 Å². The highest BCUT2D eigenvalue weighted by atomic mass is 19.1. The van der Waals surface area contributed by atoms with E-state index < -0.39 is 11.7 Å². The summed E-state index contributed by atoms with van der Waals surface area (Å²) in [6.07, 6.45) is 1.34. The van der Waals surface area contributed by atoms with Crippen LogP contribution >= 0.6 is 0 Å². The Bertz CT molecular complexity index is 623. The monoisotopic (exact) mass is 263 g/mol. The fourth-order valence-corrected chi connectivity index (χ4v) is 1.43. The number of nitrogens with one attached hydrogen (secondary N) is 1. The van der Waals surface area contributed by atoms with E-state index >= 15 is 0 Å². The summed E-state index contributed by atoms with van der Waals surface area (Å²) >= 11 is 0. The van der Waals surface area contributed by atoms with E-state index in [0.717, 1.165) is 6.07 Å². The molecule has 0 unspecified atom stereocenters. The number of oxime groups is 1. The van der Waals surface area contributed by atoms with Crippen LogP contribution in [0.5, 0.6) is 0 Å². The van der Waals surface area contributed by atoms with Crippen LogP contribution in [-0.4, -0.2) is 17.0 Å². The van der Waals surface area contributed by atoms with Crippen molar-refractivity contribution in [2.75, 3.05) is 5.32 Å². The Labute approximate surface area is 107 Å². The van der Waals surface area contributed by atoms with Gasteiger partial charge >= 0.3 is 0 Å². The average molecular weight is 263 g/mol. The number of nitrogens with zero attached hydrogens (tertiary/aromatic N) is 1. The summed E-state index contributed by atoms with van der Waals surface area (Å²) in [5.41, 5.74) is 5.50. The molecule has 0 atom stereocenters. The zero-order valence-corrected chi connectivity index (χ0v) is 9.63. The maximum absolute atomic E-state index is 13.7. The van der Waals surface area contributed by atoms with Gasteiger partial charge < -0.3 is 20.7 Å². The van der Waals surface area contributed by atoms with E-state index in [9.17, 15) is 9.18 Å². The number of benzene rings is 1. The second-order valence-electron chi connectivity index (χ2n) is 3.61. The molecule has 0 saturated carbocycles. The summed E-state index contributed by atoms with van der Waals surface area (Å²) in [5, 5.41) is 13.6. The van der Waals surface area contributed by atoms with Crippen LogP contribution in [0.3, 0.4) is 0 Å². The van der Waals surface area contributed by atoms with Gasteiger partial charge in [-0.3, -0.25) is 4.79 Å². The molecule has 0 spiro atoms. The molecule has 1 amide bonds. The van der Waals surface area contributed by atoms with Gasteiger partial charge in [-0.2, -0.15) is 0 Å². The van der Waals surface area contributed by atoms with Gasteiger partial charge in [0, 0.05) is 5.56 Å². The topological polar surface area (TPSA) is 101 Å². The number of furan rings is 1. The standard InChI is InChI=1S/C12H10FN3O3/c13-8-6-7(11(14)16-18)3-4-9(8)15-12(17)10-2-1-5-19-10/h1-6,18H,(H2,14,16)(H,15,17). The summed E-state index contributed by atoms with van der Waals surface area (Å²) in [6.45, 7) is 0. The molecule has 0 radical (unpaired) electrons. The fourth-order valence-electron chi connectivity index (χ4n) is 1.43. The van der Waals surface area contributed by atoms with Gasteiger partial charge in [0.2, 0.25) is 0 Å². The smallest absolute Gasteiger partial charge is 0.291 e. The van der Waals surface area contributed by atoms with Crippen molar-refractivity contribution < 1.29 is 18.8 Å². The lowest BCUT2D eigenvalue weighted by molar-refractivity contribution is 0.0996. The van der Waals surface area contributed by atoms with Crippen molar-refractivity contribution in [3.63, 3.8) is 0 Å². The molecule has 4 N–H and O–H groups in total. The third kappa shape index (κ3) is 2.71. The molecule has 19 heavy (non-hydrogen) atoms. The Morgan fingerprint density at radius 2 is 2.21 bits per heavy atom. The van der Waals surface area contributed by atoms with Crippen LogP contribution in [-0.2, 0) is 0 Å². The first-order valence-corrected chi connectivity index (χ1v) is 5.24. The highest BCUT2D eigenvalue weighted by molar-refractivity contribution is 6.03. The molecular weight excluding hydrogens is 253 g/mol. The molecule has 0 fully saturated rings.